The van der Waals surface area contributed by atoms with Crippen molar-refractivity contribution in [3.05, 3.63) is 94.7 Å². The van der Waals surface area contributed by atoms with Gasteiger partial charge in [-0.2, -0.15) is 4.98 Å². The van der Waals surface area contributed by atoms with E-state index >= 15 is 0 Å². The monoisotopic (exact) mass is 1200 g/mol. The number of ether oxygens (including phenoxy) is 6. The number of hydrogen-bond donors (Lipinski definition) is 5. The fraction of sp³-hybridized carbons (Fsp3) is 0.525. The number of benzene rings is 3. The van der Waals surface area contributed by atoms with E-state index in [1.165, 1.54) is 6.20 Å². The molecule has 0 radical (unpaired) electrons. The zero-order chi connectivity index (χ0) is 59.4. The van der Waals surface area contributed by atoms with E-state index in [0.29, 0.717) is 151 Å². The number of carbonyl (C=O) groups excluding carboxylic acids is 3. The summed E-state index contributed by atoms with van der Waals surface area (Å²) < 4.78 is 46.9. The maximum absolute atomic E-state index is 13.4. The third-order valence-corrected chi connectivity index (χ3v) is 17.0. The van der Waals surface area contributed by atoms with Crippen LogP contribution in [0.4, 0.5) is 28.8 Å². The molecule has 0 spiro atoms. The summed E-state index contributed by atoms with van der Waals surface area (Å²) >= 11 is 8.07. The molecule has 2 aliphatic rings. The van der Waals surface area contributed by atoms with Gasteiger partial charge in [0.1, 0.15) is 17.9 Å². The Kier molecular flexibility index (Phi) is 24.9. The van der Waals surface area contributed by atoms with Gasteiger partial charge in [-0.05, 0) is 67.5 Å². The maximum atomic E-state index is 13.4. The van der Waals surface area contributed by atoms with Crippen LogP contribution in [-0.4, -0.2) is 192 Å². The number of anilines is 5. The number of rotatable bonds is 32. The first-order chi connectivity index (χ1) is 39.9. The Bertz CT molecular complexity index is 2920. The van der Waals surface area contributed by atoms with Crippen molar-refractivity contribution in [2.45, 2.75) is 71.7 Å². The summed E-state index contributed by atoms with van der Waals surface area (Å²) in [7, 11) is -0.976. The van der Waals surface area contributed by atoms with Crippen molar-refractivity contribution < 1.29 is 52.5 Å². The van der Waals surface area contributed by atoms with Gasteiger partial charge in [-0.25, -0.2) is 9.97 Å². The van der Waals surface area contributed by atoms with Crippen LogP contribution < -0.4 is 36.2 Å². The zero-order valence-corrected chi connectivity index (χ0v) is 51.3. The van der Waals surface area contributed by atoms with Crippen LogP contribution in [0.2, 0.25) is 5.02 Å². The molecular weight excluding hydrogens is 1120 g/mol. The molecule has 83 heavy (non-hydrogen) atoms. The summed E-state index contributed by atoms with van der Waals surface area (Å²) in [5.41, 5.74) is 6.87. The average molecular weight is 1210 g/mol. The predicted molar refractivity (Wildman–Crippen MR) is 326 cm³/mol. The predicted octanol–water partition coefficient (Wildman–Crippen LogP) is 7.10. The molecule has 3 atom stereocenters. The second-order valence-corrected chi connectivity index (χ2v) is 26.3. The molecule has 2 aliphatic heterocycles. The fourth-order valence-corrected chi connectivity index (χ4v) is 11.6. The number of β-amino-alcohol motifs (C(OH)–C–C–N with tert-alkyl or cyclic N) is 1. The third kappa shape index (κ3) is 20.2. The van der Waals surface area contributed by atoms with Crippen molar-refractivity contribution in [1.82, 2.24) is 35.4 Å². The number of hydrogen-bond acceptors (Lipinski definition) is 19. The van der Waals surface area contributed by atoms with Crippen LogP contribution in [0.1, 0.15) is 51.3 Å². The minimum atomic E-state index is -2.57. The van der Waals surface area contributed by atoms with E-state index in [9.17, 15) is 24.1 Å². The van der Waals surface area contributed by atoms with E-state index in [-0.39, 0.29) is 48.6 Å². The molecule has 0 bridgehead atoms. The Hall–Kier alpha value is -5.78. The number of carbonyl (C=O) groups is 3. The quantitative estimate of drug-likeness (QED) is 0.0213. The first kappa shape index (κ1) is 64.8. The highest BCUT2D eigenvalue weighted by Gasteiger charge is 2.39. The summed E-state index contributed by atoms with van der Waals surface area (Å²) in [6.07, 6.45) is 1.65. The first-order valence-electron chi connectivity index (χ1n) is 28.2. The Labute approximate surface area is 496 Å². The van der Waals surface area contributed by atoms with Gasteiger partial charge in [-0.15, -0.1) is 11.3 Å². The van der Waals surface area contributed by atoms with Crippen LogP contribution in [0.5, 0.6) is 5.75 Å². The van der Waals surface area contributed by atoms with Gasteiger partial charge in [0.2, 0.25) is 23.7 Å². The molecule has 3 aromatic carbocycles. The topological polar surface area (TPSA) is 240 Å². The molecule has 0 saturated carbocycles. The summed E-state index contributed by atoms with van der Waals surface area (Å²) in [5.74, 6) is 1.01. The van der Waals surface area contributed by atoms with Crippen molar-refractivity contribution in [1.29, 1.82) is 0 Å². The third-order valence-electron chi connectivity index (χ3n) is 14.2. The van der Waals surface area contributed by atoms with Crippen molar-refractivity contribution in [2.24, 2.45) is 5.41 Å². The number of aliphatic hydroxyl groups is 1. The smallest absolute Gasteiger partial charge is 0.237 e. The Balaban J connectivity index is 0.677. The SMILES string of the molecule is COc1cc(N2CCN(C(=O)CCOCCOCCOCCOCCOCCC(=O)N[C@H](CN3C[C@H](O)C[C@H]3C(=O)NCc3ccc(-c4scnc4C)cc3)C(C)(C)C)CC2)ccc1Nc1ncc(Cl)c(Nc2ccccc2P(C)(C)=O)n1. The first-order valence-corrected chi connectivity index (χ1v) is 32.0. The lowest BCUT2D eigenvalue weighted by molar-refractivity contribution is -0.133. The number of thiazole rings is 1. The van der Waals surface area contributed by atoms with Crippen LogP contribution in [0.25, 0.3) is 10.4 Å². The Morgan fingerprint density at radius 2 is 1.46 bits per heavy atom. The summed E-state index contributed by atoms with van der Waals surface area (Å²) in [6, 6.07) is 20.5. The molecule has 5 N–H and O–H groups in total. The minimum absolute atomic E-state index is 0.0456. The number of amides is 3. The lowest BCUT2D eigenvalue weighted by Crippen LogP contribution is -2.54. The molecule has 7 rings (SSSR count). The largest absolute Gasteiger partial charge is 0.494 e. The van der Waals surface area contributed by atoms with Gasteiger partial charge in [0.25, 0.3) is 0 Å². The number of aryl methyl sites for hydroxylation is 1. The van der Waals surface area contributed by atoms with Gasteiger partial charge in [-0.3, -0.25) is 19.3 Å². The normalized spacial score (nSPS) is 16.2. The number of aliphatic hydroxyl groups excluding tert-OH is 1. The lowest BCUT2D eigenvalue weighted by atomic mass is 9.86. The average Bonchev–Trinajstić information content (AvgIpc) is 4.20. The molecule has 2 aromatic heterocycles. The molecule has 5 aromatic rings. The van der Waals surface area contributed by atoms with Gasteiger partial charge < -0.3 is 69.2 Å². The number of aromatic nitrogens is 3. The molecule has 24 heteroatoms. The van der Waals surface area contributed by atoms with E-state index in [0.717, 1.165) is 27.4 Å². The number of likely N-dealkylation sites (tertiary alicyclic amines) is 1. The molecule has 2 saturated heterocycles. The molecule has 0 aliphatic carbocycles. The van der Waals surface area contributed by atoms with Crippen LogP contribution >= 0.6 is 30.1 Å². The zero-order valence-electron chi connectivity index (χ0n) is 48.8. The Morgan fingerprint density at radius 1 is 0.819 bits per heavy atom. The standard InChI is InChI=1S/C59H82ClN10O11PS/c1-41-55(83-40-63-41)43-14-12-42(13-15-43)36-61-57(74)49-35-45(71)38-70(49)39-52(59(2,3)4)66-53(72)18-24-77-26-28-79-30-32-81-33-31-80-29-27-78-25-19-54(73)69-22-20-68(21-23-69)44-16-17-47(50(34-44)76-5)65-58-62-37-46(60)56(67-58)64-48-10-8-9-11-51(48)82(6,7)75/h8-17,34,37,40,45,49,52,71H,18-33,35-36,38-39H2,1-7H3,(H,61,74)(H,66,72)(H2,62,64,65,67)/t45-,49+,52-/m1/s1. The van der Waals surface area contributed by atoms with Crippen molar-refractivity contribution in [3.8, 4) is 16.2 Å². The fourth-order valence-electron chi connectivity index (χ4n) is 9.52. The molecule has 3 amide bonds. The number of halogens is 1. The van der Waals surface area contributed by atoms with E-state index < -0.39 is 19.3 Å². The van der Waals surface area contributed by atoms with Crippen molar-refractivity contribution in [3.63, 3.8) is 0 Å². The maximum Gasteiger partial charge on any atom is 0.237 e. The number of methoxy groups -OCH3 is 1. The van der Waals surface area contributed by atoms with Gasteiger partial charge in [0.05, 0.1) is 125 Å². The highest BCUT2D eigenvalue weighted by atomic mass is 35.5. The molecule has 21 nitrogen and oxygen atoms in total. The molecule has 0 unspecified atom stereocenters. The van der Waals surface area contributed by atoms with E-state index in [2.05, 4.69) is 61.9 Å². The van der Waals surface area contributed by atoms with Crippen LogP contribution in [0.15, 0.2) is 78.4 Å². The number of nitrogens with one attached hydrogen (secondary N) is 4. The number of para-hydroxylation sites is 1. The lowest BCUT2D eigenvalue weighted by Gasteiger charge is -2.36. The molecular formula is C59H82ClN10O11PS. The minimum Gasteiger partial charge on any atom is -0.494 e. The summed E-state index contributed by atoms with van der Waals surface area (Å²) in [4.78, 5) is 60.0. The molecule has 4 heterocycles. The van der Waals surface area contributed by atoms with E-state index in [1.54, 1.807) is 31.8 Å². The van der Waals surface area contributed by atoms with Crippen molar-refractivity contribution in [2.75, 3.05) is 141 Å². The van der Waals surface area contributed by atoms with Crippen LogP contribution in [-0.2, 0) is 49.2 Å². The highest BCUT2D eigenvalue weighted by molar-refractivity contribution is 7.70. The van der Waals surface area contributed by atoms with Crippen LogP contribution in [0, 0.1) is 12.3 Å². The van der Waals surface area contributed by atoms with Gasteiger partial charge in [0.15, 0.2) is 5.82 Å². The highest BCUT2D eigenvalue weighted by Crippen LogP contribution is 2.39. The van der Waals surface area contributed by atoms with Crippen LogP contribution in [0.3, 0.4) is 0 Å². The summed E-state index contributed by atoms with van der Waals surface area (Å²) in [5, 5.41) is 24.3. The second kappa shape index (κ2) is 31.9. The van der Waals surface area contributed by atoms with Gasteiger partial charge in [0, 0.05) is 75.3 Å². The van der Waals surface area contributed by atoms with Gasteiger partial charge in [-0.1, -0.05) is 68.8 Å². The van der Waals surface area contributed by atoms with Gasteiger partial charge >= 0.3 is 0 Å². The summed E-state index contributed by atoms with van der Waals surface area (Å²) in [6.45, 7) is 18.8. The number of nitrogens with zero attached hydrogens (tertiary/aromatic N) is 6. The molecule has 2 fully saturated rings. The second-order valence-electron chi connectivity index (χ2n) is 21.8. The molecule has 452 valence electrons. The van der Waals surface area contributed by atoms with Crippen molar-refractivity contribution >= 4 is 81.9 Å². The Morgan fingerprint density at radius 3 is 2.07 bits per heavy atom. The van der Waals surface area contributed by atoms with E-state index in [4.69, 9.17) is 40.0 Å². The number of piperazine rings is 1. The van der Waals surface area contributed by atoms with E-state index in [1.807, 2.05) is 89.0 Å².